The Bertz CT molecular complexity index is 1880. The number of nitrogens with zero attached hydrogens (tertiary/aromatic N) is 4. The predicted molar refractivity (Wildman–Crippen MR) is 191 cm³/mol. The van der Waals surface area contributed by atoms with Gasteiger partial charge < -0.3 is 24.2 Å². The third-order valence-corrected chi connectivity index (χ3v) is 12.2. The zero-order valence-electron chi connectivity index (χ0n) is 30.3. The zero-order chi connectivity index (χ0) is 37.1. The molecule has 0 spiro atoms. The van der Waals surface area contributed by atoms with E-state index >= 15 is 0 Å². The number of carboxylic acid groups (broad SMARTS) is 1. The van der Waals surface area contributed by atoms with Crippen LogP contribution in [0.25, 0.3) is 16.7 Å². The van der Waals surface area contributed by atoms with Gasteiger partial charge in [0.15, 0.2) is 11.6 Å². The maximum Gasteiger partial charge on any atom is 0.310 e. The van der Waals surface area contributed by atoms with Crippen molar-refractivity contribution < 1.29 is 38.5 Å². The Hall–Kier alpha value is -4.19. The van der Waals surface area contributed by atoms with E-state index in [9.17, 15) is 24.3 Å². The molecule has 8 atom stereocenters. The van der Waals surface area contributed by atoms with Gasteiger partial charge in [-0.05, 0) is 67.1 Å². The van der Waals surface area contributed by atoms with Crippen LogP contribution in [0.1, 0.15) is 79.1 Å². The van der Waals surface area contributed by atoms with Crippen molar-refractivity contribution in [2.45, 2.75) is 97.3 Å². The number of aliphatic carboxylic acids is 1. The van der Waals surface area contributed by atoms with Crippen LogP contribution in [0.15, 0.2) is 36.7 Å². The number of fused-ring (bicyclic) bond motifs is 2. The van der Waals surface area contributed by atoms with E-state index < -0.39 is 40.8 Å². The molecule has 3 heterocycles. The molecule has 13 heteroatoms. The van der Waals surface area contributed by atoms with Gasteiger partial charge in [-0.1, -0.05) is 45.7 Å². The van der Waals surface area contributed by atoms with E-state index in [4.69, 9.17) is 30.8 Å². The van der Waals surface area contributed by atoms with Crippen molar-refractivity contribution >= 4 is 46.1 Å². The quantitative estimate of drug-likeness (QED) is 0.199. The lowest BCUT2D eigenvalue weighted by atomic mass is 9.77. The van der Waals surface area contributed by atoms with Gasteiger partial charge in [0.1, 0.15) is 28.7 Å². The Morgan fingerprint density at radius 2 is 1.83 bits per heavy atom. The Morgan fingerprint density at radius 3 is 2.44 bits per heavy atom. The van der Waals surface area contributed by atoms with Gasteiger partial charge >= 0.3 is 11.9 Å². The van der Waals surface area contributed by atoms with Gasteiger partial charge in [-0.25, -0.2) is 9.67 Å². The maximum absolute atomic E-state index is 14.7. The summed E-state index contributed by atoms with van der Waals surface area (Å²) in [7, 11) is 1.52. The minimum atomic E-state index is -1.13. The molecule has 1 saturated heterocycles. The Kier molecular flexibility index (Phi) is 9.50. The summed E-state index contributed by atoms with van der Waals surface area (Å²) >= 11 is 6.74. The molecule has 1 unspecified atom stereocenters. The molecule has 52 heavy (non-hydrogen) atoms. The van der Waals surface area contributed by atoms with E-state index in [1.54, 1.807) is 41.3 Å². The predicted octanol–water partition coefficient (Wildman–Crippen LogP) is 6.29. The first-order valence-electron chi connectivity index (χ1n) is 18.3. The Morgan fingerprint density at radius 1 is 1.08 bits per heavy atom. The minimum Gasteiger partial charge on any atom is -0.495 e. The summed E-state index contributed by atoms with van der Waals surface area (Å²) in [6.07, 6.45) is 6.49. The van der Waals surface area contributed by atoms with Gasteiger partial charge in [-0.3, -0.25) is 19.2 Å². The molecule has 0 bridgehead atoms. The summed E-state index contributed by atoms with van der Waals surface area (Å²) in [6.45, 7) is 7.70. The Balaban J connectivity index is 1.19. The molecule has 1 aromatic carbocycles. The molecule has 4 fully saturated rings. The van der Waals surface area contributed by atoms with E-state index in [1.807, 2.05) is 27.7 Å². The molecule has 1 aliphatic heterocycles. The van der Waals surface area contributed by atoms with Crippen LogP contribution in [-0.4, -0.2) is 80.3 Å². The fourth-order valence-electron chi connectivity index (χ4n) is 8.60. The van der Waals surface area contributed by atoms with Gasteiger partial charge in [0.05, 0.1) is 43.0 Å². The van der Waals surface area contributed by atoms with E-state index in [-0.39, 0.29) is 49.5 Å². The number of amides is 1. The standard InChI is InChI=1S/C39H47ClN4O8/c1-6-23-18-39(23,37(48)49)19-29(45)28-15-25(20-43(28)36(47)27(38(2,3)4)16-33(46)52-24-13-21-12-22(21)14-24)51-31-17-32(44-11-7-10-41-44)42-35-26(31)8-9-30(50-5)34(35)40/h7-11,17,21-25,27-28H,6,12-16,18-20H2,1-5H3,(H,48,49)/t21-,22+,23-,24?,25-,27-,28+,39-/m1/s1. The summed E-state index contributed by atoms with van der Waals surface area (Å²) in [5.41, 5.74) is -1.34. The van der Waals surface area contributed by atoms with Crippen LogP contribution in [0.2, 0.25) is 5.02 Å². The molecule has 4 aliphatic rings. The summed E-state index contributed by atoms with van der Waals surface area (Å²) in [6, 6.07) is 6.07. The molecule has 278 valence electrons. The van der Waals surface area contributed by atoms with Gasteiger partial charge in [0.2, 0.25) is 5.91 Å². The molecule has 2 aromatic heterocycles. The monoisotopic (exact) mass is 734 g/mol. The van der Waals surface area contributed by atoms with Gasteiger partial charge in [0, 0.05) is 36.7 Å². The molecule has 12 nitrogen and oxygen atoms in total. The number of halogens is 1. The van der Waals surface area contributed by atoms with Crippen LogP contribution < -0.4 is 9.47 Å². The first kappa shape index (κ1) is 36.2. The lowest BCUT2D eigenvalue weighted by molar-refractivity contribution is -0.157. The SMILES string of the molecule is CC[C@@H]1C[C@]1(CC(=O)[C@@H]1C[C@@H](Oc2cc(-n3cccn3)nc3c(Cl)c(OC)ccc23)CN1C(=O)[C@@H](CC(=O)OC1C[C@@H]2C[C@@H]2C1)C(C)(C)C)C(=O)O. The van der Waals surface area contributed by atoms with E-state index in [1.165, 1.54) is 18.4 Å². The van der Waals surface area contributed by atoms with Crippen LogP contribution in [0, 0.1) is 34.5 Å². The van der Waals surface area contributed by atoms with Crippen molar-refractivity contribution in [3.8, 4) is 17.3 Å². The van der Waals surface area contributed by atoms with Crippen LogP contribution >= 0.6 is 11.6 Å². The summed E-state index contributed by atoms with van der Waals surface area (Å²) in [5.74, 6) is -0.358. The maximum atomic E-state index is 14.7. The molecule has 3 aliphatic carbocycles. The number of likely N-dealkylation sites (tertiary alicyclic amines) is 1. The van der Waals surface area contributed by atoms with Crippen molar-refractivity contribution in [1.82, 2.24) is 19.7 Å². The highest BCUT2D eigenvalue weighted by Gasteiger charge is 2.61. The Labute approximate surface area is 308 Å². The minimum absolute atomic E-state index is 0.0605. The molecular formula is C39H47ClN4O8. The molecule has 7 rings (SSSR count). The van der Waals surface area contributed by atoms with E-state index in [0.717, 1.165) is 12.8 Å². The molecular weight excluding hydrogens is 688 g/mol. The second kappa shape index (κ2) is 13.7. The third kappa shape index (κ3) is 6.86. The van der Waals surface area contributed by atoms with E-state index in [0.29, 0.717) is 57.9 Å². The number of methoxy groups -OCH3 is 1. The number of aromatic nitrogens is 3. The second-order valence-electron chi connectivity index (χ2n) is 16.3. The molecule has 1 N–H and O–H groups in total. The summed E-state index contributed by atoms with van der Waals surface area (Å²) < 4.78 is 19.5. The highest BCUT2D eigenvalue weighted by molar-refractivity contribution is 6.36. The molecule has 0 radical (unpaired) electrons. The smallest absolute Gasteiger partial charge is 0.310 e. The second-order valence-corrected chi connectivity index (χ2v) is 16.6. The van der Waals surface area contributed by atoms with Crippen LogP contribution in [0.3, 0.4) is 0 Å². The van der Waals surface area contributed by atoms with Gasteiger partial charge in [-0.2, -0.15) is 5.10 Å². The number of ketones is 1. The first-order valence-corrected chi connectivity index (χ1v) is 18.7. The van der Waals surface area contributed by atoms with Crippen molar-refractivity contribution in [1.29, 1.82) is 0 Å². The number of carbonyl (C=O) groups excluding carboxylic acids is 3. The van der Waals surface area contributed by atoms with Crippen molar-refractivity contribution in [2.75, 3.05) is 13.7 Å². The molecule has 3 saturated carbocycles. The molecule has 3 aromatic rings. The van der Waals surface area contributed by atoms with E-state index in [2.05, 4.69) is 5.10 Å². The number of esters is 1. The average Bonchev–Trinajstić information content (AvgIpc) is 3.71. The van der Waals surface area contributed by atoms with Crippen LogP contribution in [-0.2, 0) is 23.9 Å². The fourth-order valence-corrected chi connectivity index (χ4v) is 8.89. The fraction of sp³-hybridized carbons (Fsp3) is 0.590. The largest absolute Gasteiger partial charge is 0.495 e. The number of carboxylic acids is 1. The van der Waals surface area contributed by atoms with Crippen molar-refractivity contribution in [3.05, 3.63) is 41.7 Å². The summed E-state index contributed by atoms with van der Waals surface area (Å²) in [4.78, 5) is 60.9. The van der Waals surface area contributed by atoms with Crippen molar-refractivity contribution in [3.63, 3.8) is 0 Å². The normalized spacial score (nSPS) is 28.3. The zero-order valence-corrected chi connectivity index (χ0v) is 31.1. The lowest BCUT2D eigenvalue weighted by Crippen LogP contribution is -2.48. The van der Waals surface area contributed by atoms with Gasteiger partial charge in [0.25, 0.3) is 0 Å². The highest BCUT2D eigenvalue weighted by Crippen LogP contribution is 2.58. The number of ether oxygens (including phenoxy) is 3. The average molecular weight is 735 g/mol. The number of carbonyl (C=O) groups is 4. The lowest BCUT2D eigenvalue weighted by Gasteiger charge is -2.35. The van der Waals surface area contributed by atoms with Crippen LogP contribution in [0.5, 0.6) is 11.5 Å². The van der Waals surface area contributed by atoms with Gasteiger partial charge in [-0.15, -0.1) is 0 Å². The first-order chi connectivity index (χ1) is 24.7. The number of hydrogen-bond acceptors (Lipinski definition) is 9. The topological polar surface area (TPSA) is 150 Å². The van der Waals surface area contributed by atoms with Crippen molar-refractivity contribution in [2.24, 2.45) is 34.5 Å². The number of pyridine rings is 1. The third-order valence-electron chi connectivity index (χ3n) is 11.9. The number of rotatable bonds is 13. The number of hydrogen-bond donors (Lipinski definition) is 1. The number of Topliss-reactive ketones (excluding diaryl/α,β-unsaturated/α-hetero) is 1. The highest BCUT2D eigenvalue weighted by atomic mass is 35.5. The summed E-state index contributed by atoms with van der Waals surface area (Å²) in [5, 5.41) is 15.4. The molecule has 1 amide bonds. The van der Waals surface area contributed by atoms with Crippen LogP contribution in [0.4, 0.5) is 0 Å². The number of benzene rings is 1.